The lowest BCUT2D eigenvalue weighted by molar-refractivity contribution is -0.271. The molecule has 25 heavy (non-hydrogen) atoms. The van der Waals surface area contributed by atoms with Crippen LogP contribution in [0.15, 0.2) is 0 Å². The summed E-state index contributed by atoms with van der Waals surface area (Å²) in [6, 6.07) is 0.218. The number of aliphatic hydroxyl groups is 3. The summed E-state index contributed by atoms with van der Waals surface area (Å²) in [5.41, 5.74) is -1.10. The van der Waals surface area contributed by atoms with Crippen LogP contribution in [-0.4, -0.2) is 69.4 Å². The van der Waals surface area contributed by atoms with Crippen molar-refractivity contribution in [3.05, 3.63) is 0 Å². The van der Waals surface area contributed by atoms with Gasteiger partial charge in [-0.2, -0.15) is 0 Å². The maximum absolute atomic E-state index is 12.1. The van der Waals surface area contributed by atoms with E-state index in [1.807, 2.05) is 0 Å². The molecular weight excluding hydrogens is 318 g/mol. The Bertz CT molecular complexity index is 582. The topological polar surface area (TPSA) is 73.2 Å². The second kappa shape index (κ2) is 4.99. The Kier molecular flexibility index (Phi) is 3.16. The van der Waals surface area contributed by atoms with E-state index in [0.717, 1.165) is 44.7 Å². The Morgan fingerprint density at radius 3 is 2.64 bits per heavy atom. The third-order valence-electron chi connectivity index (χ3n) is 8.98. The van der Waals surface area contributed by atoms with Gasteiger partial charge in [0, 0.05) is 23.9 Å². The van der Waals surface area contributed by atoms with Crippen LogP contribution in [-0.2, 0) is 4.74 Å². The fourth-order valence-corrected chi connectivity index (χ4v) is 7.86. The molecule has 4 aliphatic carbocycles. The lowest BCUT2D eigenvalue weighted by Crippen LogP contribution is -2.77. The monoisotopic (exact) mass is 349 g/mol. The summed E-state index contributed by atoms with van der Waals surface area (Å²) < 4.78 is 6.37. The van der Waals surface area contributed by atoms with Gasteiger partial charge in [0.2, 0.25) is 0 Å². The van der Waals surface area contributed by atoms with E-state index in [-0.39, 0.29) is 29.6 Å². The van der Waals surface area contributed by atoms with Crippen LogP contribution >= 0.6 is 0 Å². The van der Waals surface area contributed by atoms with Crippen LogP contribution in [0.2, 0.25) is 0 Å². The number of aliphatic hydroxyl groups excluding tert-OH is 2. The normalized spacial score (nSPS) is 60.4. The number of ether oxygens (including phenoxy) is 1. The van der Waals surface area contributed by atoms with E-state index in [1.54, 1.807) is 0 Å². The lowest BCUT2D eigenvalue weighted by Gasteiger charge is -2.68. The Labute approximate surface area is 149 Å². The molecule has 0 aromatic rings. The van der Waals surface area contributed by atoms with Gasteiger partial charge in [-0.05, 0) is 69.7 Å². The van der Waals surface area contributed by atoms with Gasteiger partial charge in [0.1, 0.15) is 0 Å². The van der Waals surface area contributed by atoms with Crippen molar-refractivity contribution in [3.63, 3.8) is 0 Å². The van der Waals surface area contributed by atoms with Gasteiger partial charge in [-0.3, -0.25) is 4.90 Å². The first-order chi connectivity index (χ1) is 12.0. The molecule has 6 fully saturated rings. The minimum atomic E-state index is -0.753. The summed E-state index contributed by atoms with van der Waals surface area (Å²) in [5, 5.41) is 33.4. The number of piperidine rings is 1. The second-order valence-electron chi connectivity index (χ2n) is 9.96. The summed E-state index contributed by atoms with van der Waals surface area (Å²) in [4.78, 5) is 2.59. The maximum Gasteiger partial charge on any atom is 0.0927 e. The van der Waals surface area contributed by atoms with Crippen molar-refractivity contribution in [2.45, 2.75) is 87.4 Å². The summed E-state index contributed by atoms with van der Waals surface area (Å²) in [7, 11) is 0. The molecule has 0 amide bonds. The highest BCUT2D eigenvalue weighted by atomic mass is 16.5. The highest BCUT2D eigenvalue weighted by molar-refractivity contribution is 5.27. The molecule has 3 N–H and O–H groups in total. The van der Waals surface area contributed by atoms with Crippen molar-refractivity contribution in [1.82, 2.24) is 4.90 Å². The number of likely N-dealkylation sites (tertiary alicyclic amines) is 1. The van der Waals surface area contributed by atoms with Crippen LogP contribution in [0, 0.1) is 23.2 Å². The zero-order chi connectivity index (χ0) is 17.0. The first-order valence-electron chi connectivity index (χ1n) is 10.5. The van der Waals surface area contributed by atoms with Gasteiger partial charge in [-0.25, -0.2) is 0 Å². The predicted octanol–water partition coefficient (Wildman–Crippen LogP) is 0.901. The van der Waals surface area contributed by atoms with Crippen molar-refractivity contribution >= 4 is 0 Å². The Morgan fingerprint density at radius 1 is 1.00 bits per heavy atom. The molecule has 0 aromatic carbocycles. The Hall–Kier alpha value is -0.200. The molecule has 6 rings (SSSR count). The highest BCUT2D eigenvalue weighted by Crippen LogP contribution is 2.69. The first kappa shape index (κ1) is 15.8. The van der Waals surface area contributed by atoms with E-state index in [4.69, 9.17) is 4.74 Å². The molecule has 2 heterocycles. The molecule has 2 aliphatic heterocycles. The third-order valence-corrected chi connectivity index (χ3v) is 8.98. The summed E-state index contributed by atoms with van der Waals surface area (Å²) >= 11 is 0. The van der Waals surface area contributed by atoms with Crippen LogP contribution in [0.25, 0.3) is 0 Å². The highest BCUT2D eigenvalue weighted by Gasteiger charge is 2.77. The molecule has 9 atom stereocenters. The number of rotatable bonds is 2. The molecule has 140 valence electrons. The fraction of sp³-hybridized carbons (Fsp3) is 1.00. The van der Waals surface area contributed by atoms with Crippen molar-refractivity contribution in [2.24, 2.45) is 23.2 Å². The minimum absolute atomic E-state index is 0.182. The summed E-state index contributed by atoms with van der Waals surface area (Å²) in [5.74, 6) is 1.58. The first-order valence-corrected chi connectivity index (χ1v) is 10.5. The zero-order valence-corrected chi connectivity index (χ0v) is 14.9. The predicted molar refractivity (Wildman–Crippen MR) is 90.8 cm³/mol. The smallest absolute Gasteiger partial charge is 0.0927 e. The summed E-state index contributed by atoms with van der Waals surface area (Å²) in [6.07, 6.45) is 6.41. The number of hydrogen-bond donors (Lipinski definition) is 3. The number of hydrogen-bond acceptors (Lipinski definition) is 5. The maximum atomic E-state index is 12.1. The molecule has 2 saturated heterocycles. The Balaban J connectivity index is 1.46. The standard InChI is InChI=1S/C20H31NO4/c22-13-4-3-12-9-15-20(24)6-5-14(23)18-19(20,16(12)17(13)25-18)7-8-21(15)10-11-1-2-11/h11-18,22-24H,1-10H2/t12?,13?,14-,15+,16?,17?,18-,19-,20+/m0/s1. The quantitative estimate of drug-likeness (QED) is 0.691. The molecular formula is C20H31NO4. The van der Waals surface area contributed by atoms with Crippen molar-refractivity contribution in [2.75, 3.05) is 13.1 Å². The van der Waals surface area contributed by atoms with Crippen LogP contribution < -0.4 is 0 Å². The molecule has 0 aromatic heterocycles. The SMILES string of the molecule is OC1CCC2C[C@H]3N(CC4CC4)CC[C@]45C2C1O[C@H]4[C@@H](O)CC[C@@]35O. The number of nitrogens with zero attached hydrogens (tertiary/aromatic N) is 1. The molecule has 0 radical (unpaired) electrons. The van der Waals surface area contributed by atoms with Crippen molar-refractivity contribution < 1.29 is 20.1 Å². The van der Waals surface area contributed by atoms with Gasteiger partial charge in [0.15, 0.2) is 0 Å². The zero-order valence-electron chi connectivity index (χ0n) is 14.9. The largest absolute Gasteiger partial charge is 0.390 e. The molecule has 1 spiro atoms. The molecule has 4 saturated carbocycles. The molecule has 2 bridgehead atoms. The van der Waals surface area contributed by atoms with E-state index in [1.165, 1.54) is 12.8 Å². The van der Waals surface area contributed by atoms with E-state index in [0.29, 0.717) is 18.8 Å². The van der Waals surface area contributed by atoms with Crippen molar-refractivity contribution in [1.29, 1.82) is 0 Å². The summed E-state index contributed by atoms with van der Waals surface area (Å²) in [6.45, 7) is 2.16. The molecule has 4 unspecified atom stereocenters. The lowest BCUT2D eigenvalue weighted by atomic mass is 9.42. The van der Waals surface area contributed by atoms with E-state index < -0.39 is 17.8 Å². The second-order valence-corrected chi connectivity index (χ2v) is 9.96. The van der Waals surface area contributed by atoms with Gasteiger partial charge in [-0.1, -0.05) is 0 Å². The van der Waals surface area contributed by atoms with Crippen LogP contribution in [0.1, 0.15) is 51.4 Å². The van der Waals surface area contributed by atoms with Crippen LogP contribution in [0.3, 0.4) is 0 Å². The van der Waals surface area contributed by atoms with Gasteiger partial charge in [-0.15, -0.1) is 0 Å². The molecule has 6 aliphatic rings. The Morgan fingerprint density at radius 2 is 1.84 bits per heavy atom. The van der Waals surface area contributed by atoms with Gasteiger partial charge < -0.3 is 20.1 Å². The van der Waals surface area contributed by atoms with E-state index in [2.05, 4.69) is 4.90 Å². The van der Waals surface area contributed by atoms with Crippen LogP contribution in [0.4, 0.5) is 0 Å². The average molecular weight is 349 g/mol. The fourth-order valence-electron chi connectivity index (χ4n) is 7.86. The van der Waals surface area contributed by atoms with Gasteiger partial charge in [0.05, 0.1) is 30.0 Å². The third kappa shape index (κ3) is 1.82. The van der Waals surface area contributed by atoms with E-state index in [9.17, 15) is 15.3 Å². The van der Waals surface area contributed by atoms with Gasteiger partial charge in [0.25, 0.3) is 0 Å². The average Bonchev–Trinajstić information content (AvgIpc) is 3.32. The molecule has 5 nitrogen and oxygen atoms in total. The van der Waals surface area contributed by atoms with Crippen molar-refractivity contribution in [3.8, 4) is 0 Å². The minimum Gasteiger partial charge on any atom is -0.390 e. The van der Waals surface area contributed by atoms with Crippen LogP contribution in [0.5, 0.6) is 0 Å². The molecule has 5 heteroatoms. The van der Waals surface area contributed by atoms with Gasteiger partial charge >= 0.3 is 0 Å². The van der Waals surface area contributed by atoms with E-state index >= 15 is 0 Å².